The van der Waals surface area contributed by atoms with Crippen LogP contribution in [0.3, 0.4) is 0 Å². The smallest absolute Gasteiger partial charge is 0.242 e. The van der Waals surface area contributed by atoms with Crippen molar-refractivity contribution < 1.29 is 13.2 Å². The van der Waals surface area contributed by atoms with Crippen LogP contribution in [0.25, 0.3) is 5.69 Å². The molecule has 0 fully saturated rings. The van der Waals surface area contributed by atoms with Crippen LogP contribution in [0, 0.1) is 13.8 Å². The van der Waals surface area contributed by atoms with E-state index in [0.29, 0.717) is 10.8 Å². The van der Waals surface area contributed by atoms with Crippen molar-refractivity contribution in [3.8, 4) is 5.69 Å². The van der Waals surface area contributed by atoms with Gasteiger partial charge in [0.15, 0.2) is 5.16 Å². The molecular formula is C20H23N5O3S2. The Morgan fingerprint density at radius 3 is 2.47 bits per heavy atom. The Hall–Kier alpha value is -2.69. The molecule has 8 nitrogen and oxygen atoms in total. The van der Waals surface area contributed by atoms with Gasteiger partial charge in [0.25, 0.3) is 0 Å². The Morgan fingerprint density at radius 2 is 1.80 bits per heavy atom. The normalized spacial score (nSPS) is 11.6. The average molecular weight is 446 g/mol. The van der Waals surface area contributed by atoms with E-state index in [0.717, 1.165) is 21.4 Å². The first kappa shape index (κ1) is 22.0. The van der Waals surface area contributed by atoms with Crippen molar-refractivity contribution in [3.05, 3.63) is 59.9 Å². The van der Waals surface area contributed by atoms with Crippen LogP contribution < -0.4 is 5.32 Å². The third-order valence-corrected chi connectivity index (χ3v) is 7.06. The molecule has 30 heavy (non-hydrogen) atoms. The summed E-state index contributed by atoms with van der Waals surface area (Å²) in [6.07, 6.45) is 0. The van der Waals surface area contributed by atoms with E-state index < -0.39 is 10.0 Å². The van der Waals surface area contributed by atoms with Crippen molar-refractivity contribution in [2.24, 2.45) is 0 Å². The van der Waals surface area contributed by atoms with Gasteiger partial charge in [0.2, 0.25) is 15.9 Å². The first-order chi connectivity index (χ1) is 14.2. The van der Waals surface area contributed by atoms with E-state index in [1.165, 1.54) is 38.0 Å². The number of nitrogens with zero attached hydrogens (tertiary/aromatic N) is 4. The molecule has 0 spiro atoms. The summed E-state index contributed by atoms with van der Waals surface area (Å²) in [5.74, 6) is 0.563. The van der Waals surface area contributed by atoms with Gasteiger partial charge in [0, 0.05) is 25.5 Å². The zero-order valence-electron chi connectivity index (χ0n) is 17.2. The average Bonchev–Trinajstić information content (AvgIpc) is 3.07. The first-order valence-electron chi connectivity index (χ1n) is 9.13. The van der Waals surface area contributed by atoms with Crippen LogP contribution in [-0.4, -0.2) is 53.2 Å². The van der Waals surface area contributed by atoms with Gasteiger partial charge in [-0.05, 0) is 44.2 Å². The van der Waals surface area contributed by atoms with Gasteiger partial charge >= 0.3 is 0 Å². The van der Waals surface area contributed by atoms with E-state index in [1.54, 1.807) is 12.1 Å². The maximum absolute atomic E-state index is 12.4. The SMILES string of the molecule is Cc1ccc(-n2c(C)nnc2SCC(=O)Nc2cccc(S(=O)(=O)N(C)C)c2)cc1. The summed E-state index contributed by atoms with van der Waals surface area (Å²) in [5.41, 5.74) is 2.49. The Balaban J connectivity index is 1.70. The van der Waals surface area contributed by atoms with Gasteiger partial charge in [-0.15, -0.1) is 10.2 Å². The summed E-state index contributed by atoms with van der Waals surface area (Å²) in [5, 5.41) is 11.6. The van der Waals surface area contributed by atoms with Gasteiger partial charge in [-0.2, -0.15) is 0 Å². The number of carbonyl (C=O) groups excluding carboxylic acids is 1. The van der Waals surface area contributed by atoms with Gasteiger partial charge < -0.3 is 5.32 Å². The Labute approximate surface area is 180 Å². The van der Waals surface area contributed by atoms with Gasteiger partial charge in [-0.3, -0.25) is 9.36 Å². The second kappa shape index (κ2) is 8.99. The predicted molar refractivity (Wildman–Crippen MR) is 118 cm³/mol. The Bertz CT molecular complexity index is 1160. The van der Waals surface area contributed by atoms with Crippen molar-refractivity contribution in [3.63, 3.8) is 0 Å². The fraction of sp³-hybridized carbons (Fsp3) is 0.250. The van der Waals surface area contributed by atoms with Gasteiger partial charge in [0.05, 0.1) is 10.6 Å². The predicted octanol–water partition coefficient (Wildman–Crippen LogP) is 2.87. The molecule has 1 N–H and O–H groups in total. The fourth-order valence-electron chi connectivity index (χ4n) is 2.70. The lowest BCUT2D eigenvalue weighted by Crippen LogP contribution is -2.22. The number of sulfonamides is 1. The molecule has 1 aromatic heterocycles. The molecule has 158 valence electrons. The summed E-state index contributed by atoms with van der Waals surface area (Å²) < 4.78 is 27.6. The number of aryl methyl sites for hydroxylation is 2. The third-order valence-electron chi connectivity index (χ3n) is 4.32. The molecule has 0 aliphatic heterocycles. The van der Waals surface area contributed by atoms with Crippen LogP contribution in [0.5, 0.6) is 0 Å². The second-order valence-corrected chi connectivity index (χ2v) is 9.95. The van der Waals surface area contributed by atoms with E-state index in [-0.39, 0.29) is 16.6 Å². The molecule has 1 amide bonds. The molecule has 0 unspecified atom stereocenters. The number of hydrogen-bond donors (Lipinski definition) is 1. The number of benzene rings is 2. The number of carbonyl (C=O) groups is 1. The minimum Gasteiger partial charge on any atom is -0.325 e. The van der Waals surface area contributed by atoms with Crippen LogP contribution in [0.4, 0.5) is 5.69 Å². The quantitative estimate of drug-likeness (QED) is 0.562. The van der Waals surface area contributed by atoms with Crippen LogP contribution in [-0.2, 0) is 14.8 Å². The number of anilines is 1. The number of hydrogen-bond acceptors (Lipinski definition) is 6. The highest BCUT2D eigenvalue weighted by atomic mass is 32.2. The van der Waals surface area contributed by atoms with Crippen molar-refractivity contribution in [1.29, 1.82) is 0 Å². The highest BCUT2D eigenvalue weighted by Gasteiger charge is 2.18. The second-order valence-electron chi connectivity index (χ2n) is 6.85. The Kier molecular flexibility index (Phi) is 6.59. The molecule has 0 atom stereocenters. The van der Waals surface area contributed by atoms with Crippen molar-refractivity contribution in [2.45, 2.75) is 23.9 Å². The number of rotatable bonds is 7. The van der Waals surface area contributed by atoms with Gasteiger partial charge in [-0.1, -0.05) is 35.5 Å². The summed E-state index contributed by atoms with van der Waals surface area (Å²) in [6, 6.07) is 14.1. The lowest BCUT2D eigenvalue weighted by molar-refractivity contribution is -0.113. The molecule has 3 rings (SSSR count). The molecule has 2 aromatic carbocycles. The van der Waals surface area contributed by atoms with Crippen LogP contribution >= 0.6 is 11.8 Å². The van der Waals surface area contributed by atoms with Crippen LogP contribution in [0.15, 0.2) is 58.6 Å². The highest BCUT2D eigenvalue weighted by molar-refractivity contribution is 7.99. The van der Waals surface area contributed by atoms with Gasteiger partial charge in [0.1, 0.15) is 5.82 Å². The zero-order valence-corrected chi connectivity index (χ0v) is 18.8. The monoisotopic (exact) mass is 445 g/mol. The summed E-state index contributed by atoms with van der Waals surface area (Å²) >= 11 is 1.26. The van der Waals surface area contributed by atoms with Crippen molar-refractivity contribution in [1.82, 2.24) is 19.1 Å². The molecule has 0 aliphatic rings. The summed E-state index contributed by atoms with van der Waals surface area (Å²) in [4.78, 5) is 12.5. The van der Waals surface area contributed by atoms with Gasteiger partial charge in [-0.25, -0.2) is 12.7 Å². The van der Waals surface area contributed by atoms with E-state index in [4.69, 9.17) is 0 Å². The molecule has 3 aromatic rings. The van der Waals surface area contributed by atoms with Crippen LogP contribution in [0.1, 0.15) is 11.4 Å². The molecule has 10 heteroatoms. The van der Waals surface area contributed by atoms with E-state index >= 15 is 0 Å². The first-order valence-corrected chi connectivity index (χ1v) is 11.6. The standard InChI is InChI=1S/C20H23N5O3S2/c1-14-8-10-17(11-9-14)25-15(2)22-23-20(25)29-13-19(26)21-16-6-5-7-18(12-16)30(27,28)24(3)4/h5-12H,13H2,1-4H3,(H,21,26). The minimum atomic E-state index is -3.57. The van der Waals surface area contributed by atoms with E-state index in [9.17, 15) is 13.2 Å². The number of aromatic nitrogens is 3. The number of thioether (sulfide) groups is 1. The minimum absolute atomic E-state index is 0.106. The molecular weight excluding hydrogens is 422 g/mol. The molecule has 0 saturated carbocycles. The number of amides is 1. The molecule has 0 aliphatic carbocycles. The maximum atomic E-state index is 12.4. The van der Waals surface area contributed by atoms with E-state index in [1.807, 2.05) is 42.7 Å². The van der Waals surface area contributed by atoms with Crippen molar-refractivity contribution >= 4 is 33.4 Å². The largest absolute Gasteiger partial charge is 0.325 e. The van der Waals surface area contributed by atoms with Crippen LogP contribution in [0.2, 0.25) is 0 Å². The zero-order chi connectivity index (χ0) is 21.9. The lowest BCUT2D eigenvalue weighted by atomic mass is 10.2. The third kappa shape index (κ3) is 4.89. The highest BCUT2D eigenvalue weighted by Crippen LogP contribution is 2.23. The molecule has 0 saturated heterocycles. The molecule has 0 radical (unpaired) electrons. The lowest BCUT2D eigenvalue weighted by Gasteiger charge is -2.13. The molecule has 1 heterocycles. The Morgan fingerprint density at radius 1 is 1.10 bits per heavy atom. The van der Waals surface area contributed by atoms with Crippen molar-refractivity contribution in [2.75, 3.05) is 25.2 Å². The molecule has 0 bridgehead atoms. The fourth-order valence-corrected chi connectivity index (χ4v) is 4.45. The summed E-state index contributed by atoms with van der Waals surface area (Å²) in [6.45, 7) is 3.87. The maximum Gasteiger partial charge on any atom is 0.242 e. The topological polar surface area (TPSA) is 97.2 Å². The summed E-state index contributed by atoms with van der Waals surface area (Å²) in [7, 11) is -0.648. The van der Waals surface area contributed by atoms with E-state index in [2.05, 4.69) is 15.5 Å². The number of nitrogens with one attached hydrogen (secondary N) is 1.